The van der Waals surface area contributed by atoms with E-state index in [-0.39, 0.29) is 5.75 Å². The van der Waals surface area contributed by atoms with Crippen molar-refractivity contribution >= 4 is 57.4 Å². The molecule has 0 saturated carbocycles. The molecule has 0 aromatic carbocycles. The van der Waals surface area contributed by atoms with Crippen LogP contribution in [0.4, 0.5) is 0 Å². The van der Waals surface area contributed by atoms with E-state index in [0.29, 0.717) is 26.5 Å². The maximum atomic E-state index is 12.2. The summed E-state index contributed by atoms with van der Waals surface area (Å²) in [5.41, 5.74) is 2.56. The molecule has 0 heterocycles. The van der Waals surface area contributed by atoms with E-state index in [4.69, 9.17) is 21.1 Å². The zero-order valence-corrected chi connectivity index (χ0v) is 16.8. The number of nitrogens with two attached hydrogens (primary N) is 1. The van der Waals surface area contributed by atoms with Gasteiger partial charge >= 0.3 is 35.8 Å². The van der Waals surface area contributed by atoms with Crippen LogP contribution in [0.3, 0.4) is 0 Å². The van der Waals surface area contributed by atoms with Crippen LogP contribution in [0.5, 0.6) is 0 Å². The van der Waals surface area contributed by atoms with Gasteiger partial charge in [-0.1, -0.05) is 21.6 Å². The second-order valence-electron chi connectivity index (χ2n) is 5.86. The topological polar surface area (TPSA) is 253 Å². The highest BCUT2D eigenvalue weighted by molar-refractivity contribution is 8.77. The minimum Gasteiger partial charge on any atom is -0.481 e. The van der Waals surface area contributed by atoms with Crippen LogP contribution in [-0.2, 0) is 28.8 Å². The van der Waals surface area contributed by atoms with Crippen LogP contribution < -0.4 is 5.73 Å². The van der Waals surface area contributed by atoms with Crippen LogP contribution in [-0.4, -0.2) is 107 Å². The SMILES string of the molecule is NC(CSSC(CC(=O)O)[C@@](CC(=O)O)(C(=O)O)N(CC(=O)O)CC(=O)O)C(=O)O. The molecule has 0 aliphatic heterocycles. The summed E-state index contributed by atoms with van der Waals surface area (Å²) < 4.78 is 0. The van der Waals surface area contributed by atoms with Gasteiger partial charge in [-0.25, -0.2) is 0 Å². The molecule has 14 nitrogen and oxygen atoms in total. The standard InChI is InChI=1S/C14H20N2O12S2/c15-6(12(25)26)5-29-30-7(1-8(17)18)14(13(27)28,2-9(19)20)16(3-10(21)22)4-11(23)24/h6-7H,1-5,15H2,(H,17,18)(H,19,20)(H,21,22)(H,23,24)(H,25,26)(H,27,28)/t6?,7?,14-/m0/s1. The molecule has 16 heteroatoms. The lowest BCUT2D eigenvalue weighted by Crippen LogP contribution is -2.64. The Hall–Kier alpha value is -2.56. The predicted molar refractivity (Wildman–Crippen MR) is 101 cm³/mol. The molecule has 0 aliphatic carbocycles. The van der Waals surface area contributed by atoms with Crippen LogP contribution in [0.25, 0.3) is 0 Å². The molecule has 3 atom stereocenters. The number of rotatable bonds is 16. The first-order valence-corrected chi connectivity index (χ1v) is 10.2. The Morgan fingerprint density at radius 1 is 0.833 bits per heavy atom. The summed E-state index contributed by atoms with van der Waals surface area (Å²) in [5.74, 6) is -10.3. The van der Waals surface area contributed by atoms with E-state index in [9.17, 15) is 44.1 Å². The quantitative estimate of drug-likeness (QED) is 0.125. The smallest absolute Gasteiger partial charge is 0.325 e. The van der Waals surface area contributed by atoms with Crippen LogP contribution in [0.2, 0.25) is 0 Å². The minimum absolute atomic E-state index is 0.323. The Morgan fingerprint density at radius 3 is 1.67 bits per heavy atom. The minimum atomic E-state index is -2.76. The van der Waals surface area contributed by atoms with Crippen molar-refractivity contribution in [2.24, 2.45) is 5.73 Å². The highest BCUT2D eigenvalue weighted by Crippen LogP contribution is 2.41. The van der Waals surface area contributed by atoms with Crippen LogP contribution in [0, 0.1) is 0 Å². The molecule has 8 N–H and O–H groups in total. The third-order valence-electron chi connectivity index (χ3n) is 3.65. The predicted octanol–water partition coefficient (Wildman–Crippen LogP) is -1.61. The molecule has 0 aromatic heterocycles. The maximum Gasteiger partial charge on any atom is 0.325 e. The van der Waals surface area contributed by atoms with Crippen LogP contribution >= 0.6 is 21.6 Å². The molecule has 2 unspecified atom stereocenters. The molecule has 0 amide bonds. The number of carboxylic acid groups (broad SMARTS) is 6. The van der Waals surface area contributed by atoms with Crippen molar-refractivity contribution in [3.05, 3.63) is 0 Å². The van der Waals surface area contributed by atoms with Gasteiger partial charge in [0.15, 0.2) is 0 Å². The van der Waals surface area contributed by atoms with Crippen LogP contribution in [0.1, 0.15) is 12.8 Å². The third kappa shape index (κ3) is 8.44. The number of hydrogen-bond donors (Lipinski definition) is 7. The van der Waals surface area contributed by atoms with Crippen molar-refractivity contribution in [3.63, 3.8) is 0 Å². The van der Waals surface area contributed by atoms with Crippen molar-refractivity contribution < 1.29 is 59.4 Å². The van der Waals surface area contributed by atoms with E-state index in [1.54, 1.807) is 0 Å². The average Bonchev–Trinajstić information content (AvgIpc) is 2.56. The van der Waals surface area contributed by atoms with Gasteiger partial charge in [-0.15, -0.1) is 0 Å². The lowest BCUT2D eigenvalue weighted by molar-refractivity contribution is -0.164. The lowest BCUT2D eigenvalue weighted by Gasteiger charge is -2.42. The van der Waals surface area contributed by atoms with Crippen LogP contribution in [0.15, 0.2) is 0 Å². The van der Waals surface area contributed by atoms with Gasteiger partial charge in [0, 0.05) is 5.75 Å². The van der Waals surface area contributed by atoms with Crippen molar-refractivity contribution in [2.75, 3.05) is 18.8 Å². The summed E-state index contributed by atoms with van der Waals surface area (Å²) >= 11 is 0. The highest BCUT2D eigenvalue weighted by Gasteiger charge is 2.54. The molecule has 0 fully saturated rings. The fourth-order valence-corrected chi connectivity index (χ4v) is 5.47. The Bertz CT molecular complexity index is 686. The molecule has 0 aliphatic rings. The fraction of sp³-hybridized carbons (Fsp3) is 0.571. The summed E-state index contributed by atoms with van der Waals surface area (Å²) in [6.45, 7) is -2.41. The lowest BCUT2D eigenvalue weighted by atomic mass is 9.86. The monoisotopic (exact) mass is 472 g/mol. The van der Waals surface area contributed by atoms with E-state index in [2.05, 4.69) is 0 Å². The first kappa shape index (κ1) is 27.4. The molecule has 0 bridgehead atoms. The Labute approximate surface area is 176 Å². The van der Waals surface area contributed by atoms with Gasteiger partial charge in [0.05, 0.1) is 31.2 Å². The number of nitrogens with zero attached hydrogens (tertiary/aromatic N) is 1. The number of aliphatic carboxylic acids is 6. The van der Waals surface area contributed by atoms with Gasteiger partial charge < -0.3 is 36.4 Å². The van der Waals surface area contributed by atoms with Gasteiger partial charge in [-0.3, -0.25) is 33.7 Å². The van der Waals surface area contributed by atoms with Crippen molar-refractivity contribution in [1.82, 2.24) is 4.90 Å². The van der Waals surface area contributed by atoms with Gasteiger partial charge in [0.2, 0.25) is 0 Å². The summed E-state index contributed by atoms with van der Waals surface area (Å²) in [6, 6.07) is -1.40. The second-order valence-corrected chi connectivity index (χ2v) is 8.47. The molecule has 0 spiro atoms. The molecular formula is C14H20N2O12S2. The largest absolute Gasteiger partial charge is 0.481 e. The molecule has 30 heavy (non-hydrogen) atoms. The van der Waals surface area contributed by atoms with Crippen molar-refractivity contribution in [3.8, 4) is 0 Å². The summed E-state index contributed by atoms with van der Waals surface area (Å²) in [4.78, 5) is 68.4. The molecule has 0 radical (unpaired) electrons. The van der Waals surface area contributed by atoms with Crippen molar-refractivity contribution in [2.45, 2.75) is 29.7 Å². The summed E-state index contributed by atoms with van der Waals surface area (Å²) in [6.07, 6.45) is -2.31. The second kappa shape index (κ2) is 12.2. The van der Waals surface area contributed by atoms with Gasteiger partial charge in [-0.2, -0.15) is 0 Å². The van der Waals surface area contributed by atoms with E-state index in [1.807, 2.05) is 0 Å². The normalized spacial score (nSPS) is 15.0. The first-order chi connectivity index (χ1) is 13.7. The number of hydrogen-bond acceptors (Lipinski definition) is 10. The van der Waals surface area contributed by atoms with Gasteiger partial charge in [0.1, 0.15) is 11.6 Å². The Balaban J connectivity index is 6.34. The first-order valence-electron chi connectivity index (χ1n) is 7.86. The van der Waals surface area contributed by atoms with Gasteiger partial charge in [-0.05, 0) is 0 Å². The zero-order valence-electron chi connectivity index (χ0n) is 15.2. The Morgan fingerprint density at radius 2 is 1.33 bits per heavy atom. The third-order valence-corrected chi connectivity index (χ3v) is 6.58. The fourth-order valence-electron chi connectivity index (χ4n) is 2.38. The molecule has 0 aromatic rings. The van der Waals surface area contributed by atoms with E-state index in [1.165, 1.54) is 0 Å². The van der Waals surface area contributed by atoms with E-state index >= 15 is 0 Å². The zero-order chi connectivity index (χ0) is 23.6. The molecule has 170 valence electrons. The number of carbonyl (C=O) groups is 6. The summed E-state index contributed by atoms with van der Waals surface area (Å²) in [7, 11) is 1.11. The molecular weight excluding hydrogens is 452 g/mol. The van der Waals surface area contributed by atoms with Crippen molar-refractivity contribution in [1.29, 1.82) is 0 Å². The Kier molecular flexibility index (Phi) is 11.2. The van der Waals surface area contributed by atoms with E-state index < -0.39 is 78.6 Å². The molecule has 0 rings (SSSR count). The highest BCUT2D eigenvalue weighted by atomic mass is 33.1. The summed E-state index contributed by atoms with van der Waals surface area (Å²) in [5, 5.41) is 53.5. The average molecular weight is 472 g/mol. The number of carboxylic acids is 6. The maximum absolute atomic E-state index is 12.2. The van der Waals surface area contributed by atoms with E-state index in [0.717, 1.165) is 0 Å². The molecule has 0 saturated heterocycles. The van der Waals surface area contributed by atoms with Gasteiger partial charge in [0.25, 0.3) is 0 Å².